The molecule has 0 radical (unpaired) electrons. The lowest BCUT2D eigenvalue weighted by atomic mass is 9.87. The van der Waals surface area contributed by atoms with E-state index in [1.165, 1.54) is 11.1 Å². The largest absolute Gasteiger partial charge is 0.379 e. The monoisotopic (exact) mass is 481 g/mol. The Bertz CT molecular complexity index is 1080. The Morgan fingerprint density at radius 1 is 0.971 bits per heavy atom. The second-order valence-corrected chi connectivity index (χ2v) is 9.75. The molecule has 6 nitrogen and oxygen atoms in total. The molecule has 1 aliphatic heterocycles. The zero-order valence-corrected chi connectivity index (χ0v) is 21.6. The Balaban J connectivity index is 0.00000324. The van der Waals surface area contributed by atoms with Crippen LogP contribution in [-0.2, 0) is 10.2 Å². The summed E-state index contributed by atoms with van der Waals surface area (Å²) in [6, 6.07) is 17.4. The van der Waals surface area contributed by atoms with Crippen LogP contribution in [0, 0.1) is 6.92 Å². The van der Waals surface area contributed by atoms with Crippen LogP contribution in [0.4, 0.5) is 23.1 Å². The molecule has 0 spiro atoms. The van der Waals surface area contributed by atoms with Gasteiger partial charge in [0.05, 0.1) is 13.2 Å². The molecule has 4 rings (SSSR count). The van der Waals surface area contributed by atoms with Crippen molar-refractivity contribution in [3.8, 4) is 0 Å². The molecule has 1 fully saturated rings. The maximum atomic E-state index is 5.48. The molecule has 0 bridgehead atoms. The summed E-state index contributed by atoms with van der Waals surface area (Å²) in [6.45, 7) is 14.5. The van der Waals surface area contributed by atoms with Crippen LogP contribution in [0.1, 0.15) is 50.4 Å². The number of hydrogen-bond donors (Lipinski definition) is 2. The average Bonchev–Trinajstić information content (AvgIpc) is 2.81. The van der Waals surface area contributed by atoms with Crippen LogP contribution in [0.15, 0.2) is 54.7 Å². The Labute approximate surface area is 209 Å². The fourth-order valence-electron chi connectivity index (χ4n) is 3.98. The number of morpholine rings is 1. The molecule has 2 N–H and O–H groups in total. The van der Waals surface area contributed by atoms with E-state index in [9.17, 15) is 0 Å². The van der Waals surface area contributed by atoms with Gasteiger partial charge in [0.15, 0.2) is 0 Å². The van der Waals surface area contributed by atoms with Gasteiger partial charge in [-0.05, 0) is 54.7 Å². The predicted molar refractivity (Wildman–Crippen MR) is 143 cm³/mol. The van der Waals surface area contributed by atoms with Crippen LogP contribution in [0.5, 0.6) is 0 Å². The summed E-state index contributed by atoms with van der Waals surface area (Å²) in [5.74, 6) is 1.38. The Morgan fingerprint density at radius 2 is 1.68 bits per heavy atom. The molecule has 3 aromatic rings. The van der Waals surface area contributed by atoms with Crippen molar-refractivity contribution in [2.75, 3.05) is 36.9 Å². The minimum absolute atomic E-state index is 0. The van der Waals surface area contributed by atoms with Crippen molar-refractivity contribution >= 4 is 35.5 Å². The first-order chi connectivity index (χ1) is 15.8. The van der Waals surface area contributed by atoms with E-state index in [1.807, 2.05) is 13.1 Å². The number of nitrogens with zero attached hydrogens (tertiary/aromatic N) is 3. The van der Waals surface area contributed by atoms with Crippen molar-refractivity contribution in [1.29, 1.82) is 0 Å². The summed E-state index contributed by atoms with van der Waals surface area (Å²) in [6.07, 6.45) is 1.85. The van der Waals surface area contributed by atoms with Gasteiger partial charge in [0.25, 0.3) is 0 Å². The lowest BCUT2D eigenvalue weighted by Crippen LogP contribution is -2.37. The number of hydrogen-bond acceptors (Lipinski definition) is 6. The van der Waals surface area contributed by atoms with Crippen molar-refractivity contribution in [3.05, 3.63) is 71.4 Å². The van der Waals surface area contributed by atoms with Gasteiger partial charge >= 0.3 is 0 Å². The zero-order chi connectivity index (χ0) is 23.4. The summed E-state index contributed by atoms with van der Waals surface area (Å²) in [4.78, 5) is 11.7. The SMILES string of the molecule is Cc1cnc(Nc2ccc(C(C)N3CCOCC3)cc2)nc1Nc1cccc(C(C)(C)C)c1.Cl. The van der Waals surface area contributed by atoms with Crippen LogP contribution in [-0.4, -0.2) is 41.2 Å². The lowest BCUT2D eigenvalue weighted by Gasteiger charge is -2.32. The van der Waals surface area contributed by atoms with Gasteiger partial charge in [-0.1, -0.05) is 45.0 Å². The Hall–Kier alpha value is -2.67. The number of nitrogens with one attached hydrogen (secondary N) is 2. The second-order valence-electron chi connectivity index (χ2n) is 9.75. The molecule has 1 unspecified atom stereocenters. The maximum Gasteiger partial charge on any atom is 0.229 e. The van der Waals surface area contributed by atoms with Gasteiger partial charge in [-0.25, -0.2) is 4.98 Å². The molecule has 0 amide bonds. The highest BCUT2D eigenvalue weighted by Gasteiger charge is 2.18. The van der Waals surface area contributed by atoms with Crippen molar-refractivity contribution in [3.63, 3.8) is 0 Å². The molecule has 1 aliphatic rings. The number of rotatable bonds is 6. The molecule has 2 heterocycles. The third kappa shape index (κ3) is 6.47. The fraction of sp³-hybridized carbons (Fsp3) is 0.407. The van der Waals surface area contributed by atoms with Gasteiger partial charge in [0.1, 0.15) is 5.82 Å². The van der Waals surface area contributed by atoms with Crippen LogP contribution in [0.25, 0.3) is 0 Å². The van der Waals surface area contributed by atoms with Crippen molar-refractivity contribution < 1.29 is 4.74 Å². The first-order valence-corrected chi connectivity index (χ1v) is 11.7. The minimum Gasteiger partial charge on any atom is -0.379 e. The molecule has 34 heavy (non-hydrogen) atoms. The number of halogens is 1. The normalized spacial score (nSPS) is 15.3. The molecule has 1 aromatic heterocycles. The quantitative estimate of drug-likeness (QED) is 0.425. The molecule has 1 saturated heterocycles. The van der Waals surface area contributed by atoms with Gasteiger partial charge in [-0.3, -0.25) is 4.90 Å². The zero-order valence-electron chi connectivity index (χ0n) is 20.8. The first-order valence-electron chi connectivity index (χ1n) is 11.7. The second kappa shape index (κ2) is 11.2. The number of aryl methyl sites for hydroxylation is 1. The van der Waals surface area contributed by atoms with Gasteiger partial charge in [-0.2, -0.15) is 4.98 Å². The fourth-order valence-corrected chi connectivity index (χ4v) is 3.98. The highest BCUT2D eigenvalue weighted by Crippen LogP contribution is 2.28. The number of aromatic nitrogens is 2. The summed E-state index contributed by atoms with van der Waals surface area (Å²) >= 11 is 0. The van der Waals surface area contributed by atoms with E-state index in [2.05, 4.69) is 96.7 Å². The lowest BCUT2D eigenvalue weighted by molar-refractivity contribution is 0.0198. The maximum absolute atomic E-state index is 5.48. The molecule has 182 valence electrons. The van der Waals surface area contributed by atoms with Gasteiger partial charge in [-0.15, -0.1) is 12.4 Å². The van der Waals surface area contributed by atoms with Crippen molar-refractivity contribution in [1.82, 2.24) is 14.9 Å². The number of ether oxygens (including phenoxy) is 1. The highest BCUT2D eigenvalue weighted by molar-refractivity contribution is 5.85. The molecule has 7 heteroatoms. The molecule has 2 aromatic carbocycles. The summed E-state index contributed by atoms with van der Waals surface area (Å²) in [5, 5.41) is 6.81. The topological polar surface area (TPSA) is 62.3 Å². The predicted octanol–water partition coefficient (Wildman–Crippen LogP) is 6.38. The van der Waals surface area contributed by atoms with E-state index in [0.717, 1.165) is 49.1 Å². The van der Waals surface area contributed by atoms with E-state index in [4.69, 9.17) is 9.72 Å². The summed E-state index contributed by atoms with van der Waals surface area (Å²) < 4.78 is 5.48. The van der Waals surface area contributed by atoms with Gasteiger partial charge in [0.2, 0.25) is 5.95 Å². The van der Waals surface area contributed by atoms with E-state index in [-0.39, 0.29) is 17.8 Å². The molecule has 0 saturated carbocycles. The molecular formula is C27H36ClN5O. The van der Waals surface area contributed by atoms with Gasteiger partial charge < -0.3 is 15.4 Å². The van der Waals surface area contributed by atoms with Crippen LogP contribution in [0.2, 0.25) is 0 Å². The third-order valence-corrected chi connectivity index (χ3v) is 6.21. The number of anilines is 4. The molecule has 1 atom stereocenters. The van der Waals surface area contributed by atoms with E-state index in [0.29, 0.717) is 12.0 Å². The minimum atomic E-state index is 0. The van der Waals surface area contributed by atoms with Gasteiger partial charge in [0, 0.05) is 42.3 Å². The van der Waals surface area contributed by atoms with E-state index in [1.54, 1.807) is 0 Å². The molecular weight excluding hydrogens is 446 g/mol. The van der Waals surface area contributed by atoms with Crippen LogP contribution < -0.4 is 10.6 Å². The Kier molecular flexibility index (Phi) is 8.52. The molecule has 0 aliphatic carbocycles. The highest BCUT2D eigenvalue weighted by atomic mass is 35.5. The smallest absolute Gasteiger partial charge is 0.229 e. The third-order valence-electron chi connectivity index (χ3n) is 6.21. The first kappa shape index (κ1) is 25.9. The Morgan fingerprint density at radius 3 is 2.35 bits per heavy atom. The van der Waals surface area contributed by atoms with Crippen molar-refractivity contribution in [2.45, 2.75) is 46.1 Å². The summed E-state index contributed by atoms with van der Waals surface area (Å²) in [7, 11) is 0. The number of benzene rings is 2. The van der Waals surface area contributed by atoms with Crippen LogP contribution in [0.3, 0.4) is 0 Å². The van der Waals surface area contributed by atoms with Crippen molar-refractivity contribution in [2.24, 2.45) is 0 Å². The average molecular weight is 482 g/mol. The van der Waals surface area contributed by atoms with E-state index >= 15 is 0 Å². The van der Waals surface area contributed by atoms with Crippen LogP contribution >= 0.6 is 12.4 Å². The standard InChI is InChI=1S/C27H35N5O.ClH/c1-19-18-28-26(31-25(19)29-24-8-6-7-22(17-24)27(3,4)5)30-23-11-9-21(10-12-23)20(2)32-13-15-33-16-14-32;/h6-12,17-18,20H,13-16H2,1-5H3,(H2,28,29,30,31);1H. The summed E-state index contributed by atoms with van der Waals surface area (Å²) in [5.41, 5.74) is 5.67. The van der Waals surface area contributed by atoms with E-state index < -0.39 is 0 Å².